The van der Waals surface area contributed by atoms with Crippen LogP contribution in [-0.4, -0.2) is 47.4 Å². The van der Waals surface area contributed by atoms with Gasteiger partial charge in [-0.15, -0.1) is 11.3 Å². The molecule has 3 aromatic rings. The number of rotatable bonds is 7. The Morgan fingerprint density at radius 1 is 1.16 bits per heavy atom. The Balaban J connectivity index is 1.35. The molecule has 2 heterocycles. The lowest BCUT2D eigenvalue weighted by atomic mass is 10.2. The second-order valence-electron chi connectivity index (χ2n) is 7.21. The van der Waals surface area contributed by atoms with E-state index < -0.39 is 14.9 Å². The Hall–Kier alpha value is -2.54. The lowest BCUT2D eigenvalue weighted by molar-refractivity contribution is -0.384. The van der Waals surface area contributed by atoms with Crippen LogP contribution < -0.4 is 5.32 Å². The number of non-ortho nitro benzene ring substituents is 1. The topological polar surface area (TPSA) is 123 Å². The fourth-order valence-corrected chi connectivity index (χ4v) is 6.77. The summed E-state index contributed by atoms with van der Waals surface area (Å²) in [6.45, 7) is 1.08. The highest BCUT2D eigenvalue weighted by Gasteiger charge is 2.25. The zero-order valence-electron chi connectivity index (χ0n) is 16.9. The van der Waals surface area contributed by atoms with E-state index in [1.807, 2.05) is 0 Å². The molecule has 0 spiro atoms. The van der Waals surface area contributed by atoms with Crippen LogP contribution in [0.15, 0.2) is 51.7 Å². The van der Waals surface area contributed by atoms with Gasteiger partial charge in [0.05, 0.1) is 25.8 Å². The van der Waals surface area contributed by atoms with Gasteiger partial charge in [0.2, 0.25) is 15.9 Å². The number of carbonyl (C=O) groups excluding carboxylic acids is 1. The molecule has 1 saturated heterocycles. The SMILES string of the molecule is O=C(CSc1nc2ccc([N+](=O)[O-])cc2s1)Nc1ccc(S(=O)(=O)N2CCCCC2)cc1. The maximum atomic E-state index is 12.7. The van der Waals surface area contributed by atoms with Gasteiger partial charge in [-0.05, 0) is 43.2 Å². The monoisotopic (exact) mass is 492 g/mol. The van der Waals surface area contributed by atoms with Gasteiger partial charge < -0.3 is 5.32 Å². The number of sulfonamides is 1. The molecule has 9 nitrogen and oxygen atoms in total. The van der Waals surface area contributed by atoms with E-state index in [2.05, 4.69) is 10.3 Å². The number of nitrogens with one attached hydrogen (secondary N) is 1. The minimum Gasteiger partial charge on any atom is -0.325 e. The Kier molecular flexibility index (Phi) is 6.74. The molecule has 0 aliphatic carbocycles. The third kappa shape index (κ3) is 5.09. The first-order valence-electron chi connectivity index (χ1n) is 9.91. The van der Waals surface area contributed by atoms with E-state index >= 15 is 0 Å². The maximum Gasteiger partial charge on any atom is 0.270 e. The quantitative estimate of drug-likeness (QED) is 0.299. The van der Waals surface area contributed by atoms with E-state index in [1.165, 1.54) is 51.7 Å². The van der Waals surface area contributed by atoms with E-state index in [9.17, 15) is 23.3 Å². The second-order valence-corrected chi connectivity index (χ2v) is 11.4. The highest BCUT2D eigenvalue weighted by molar-refractivity contribution is 8.01. The summed E-state index contributed by atoms with van der Waals surface area (Å²) in [5, 5.41) is 13.6. The number of aromatic nitrogens is 1. The minimum absolute atomic E-state index is 0.00110. The highest BCUT2D eigenvalue weighted by Crippen LogP contribution is 2.32. The zero-order chi connectivity index (χ0) is 22.7. The predicted octanol–water partition coefficient (Wildman–Crippen LogP) is 4.11. The number of hydrogen-bond acceptors (Lipinski definition) is 8. The number of thioether (sulfide) groups is 1. The molecule has 2 aromatic carbocycles. The second kappa shape index (κ2) is 9.53. The number of hydrogen-bond donors (Lipinski definition) is 1. The average Bonchev–Trinajstić information content (AvgIpc) is 3.21. The van der Waals surface area contributed by atoms with Crippen molar-refractivity contribution >= 4 is 60.6 Å². The van der Waals surface area contributed by atoms with Gasteiger partial charge in [0.25, 0.3) is 5.69 Å². The summed E-state index contributed by atoms with van der Waals surface area (Å²) in [7, 11) is -3.51. The first-order chi connectivity index (χ1) is 15.3. The molecule has 0 atom stereocenters. The van der Waals surface area contributed by atoms with Crippen molar-refractivity contribution in [3.8, 4) is 0 Å². The van der Waals surface area contributed by atoms with Crippen molar-refractivity contribution in [2.75, 3.05) is 24.2 Å². The van der Waals surface area contributed by atoms with Crippen molar-refractivity contribution in [1.82, 2.24) is 9.29 Å². The molecule has 0 bridgehead atoms. The van der Waals surface area contributed by atoms with Gasteiger partial charge in [-0.2, -0.15) is 4.31 Å². The molecule has 1 amide bonds. The van der Waals surface area contributed by atoms with E-state index in [0.717, 1.165) is 19.3 Å². The molecule has 0 saturated carbocycles. The van der Waals surface area contributed by atoms with Crippen molar-refractivity contribution < 1.29 is 18.1 Å². The normalized spacial score (nSPS) is 15.0. The average molecular weight is 493 g/mol. The van der Waals surface area contributed by atoms with Gasteiger partial charge in [0, 0.05) is 30.9 Å². The van der Waals surface area contributed by atoms with Gasteiger partial charge in [-0.25, -0.2) is 13.4 Å². The van der Waals surface area contributed by atoms with Crippen LogP contribution in [0.5, 0.6) is 0 Å². The largest absolute Gasteiger partial charge is 0.325 e. The lowest BCUT2D eigenvalue weighted by Gasteiger charge is -2.25. The van der Waals surface area contributed by atoms with Crippen LogP contribution in [0.2, 0.25) is 0 Å². The number of benzene rings is 2. The highest BCUT2D eigenvalue weighted by atomic mass is 32.2. The first-order valence-corrected chi connectivity index (χ1v) is 13.1. The molecule has 0 radical (unpaired) electrons. The van der Waals surface area contributed by atoms with Crippen molar-refractivity contribution in [3.05, 3.63) is 52.6 Å². The first kappa shape index (κ1) is 22.6. The Morgan fingerprint density at radius 2 is 1.88 bits per heavy atom. The number of piperidine rings is 1. The fraction of sp³-hybridized carbons (Fsp3) is 0.300. The Labute approximate surface area is 193 Å². The van der Waals surface area contributed by atoms with E-state index in [-0.39, 0.29) is 22.2 Å². The third-order valence-corrected chi connectivity index (χ3v) is 9.05. The van der Waals surface area contributed by atoms with Crippen molar-refractivity contribution in [1.29, 1.82) is 0 Å². The Bertz CT molecular complexity index is 1250. The van der Waals surface area contributed by atoms with Crippen molar-refractivity contribution in [3.63, 3.8) is 0 Å². The van der Waals surface area contributed by atoms with Gasteiger partial charge in [0.15, 0.2) is 4.34 Å². The molecule has 0 unspecified atom stereocenters. The summed E-state index contributed by atoms with van der Waals surface area (Å²) >= 11 is 2.53. The number of nitro benzene ring substituents is 1. The predicted molar refractivity (Wildman–Crippen MR) is 125 cm³/mol. The van der Waals surface area contributed by atoms with Crippen molar-refractivity contribution in [2.24, 2.45) is 0 Å². The molecule has 1 N–H and O–H groups in total. The zero-order valence-corrected chi connectivity index (χ0v) is 19.3. The number of thiazole rings is 1. The number of amides is 1. The van der Waals surface area contributed by atoms with E-state index in [4.69, 9.17) is 0 Å². The van der Waals surface area contributed by atoms with Gasteiger partial charge >= 0.3 is 0 Å². The fourth-order valence-electron chi connectivity index (χ4n) is 3.36. The van der Waals surface area contributed by atoms with Crippen molar-refractivity contribution in [2.45, 2.75) is 28.5 Å². The molecule has 1 aliphatic heterocycles. The summed E-state index contributed by atoms with van der Waals surface area (Å²) in [6.07, 6.45) is 2.79. The van der Waals surface area contributed by atoms with Crippen LogP contribution in [0, 0.1) is 10.1 Å². The number of anilines is 1. The van der Waals surface area contributed by atoms with Crippen LogP contribution in [0.25, 0.3) is 10.2 Å². The summed E-state index contributed by atoms with van der Waals surface area (Å²) in [4.78, 5) is 27.3. The molecule has 1 aliphatic rings. The van der Waals surface area contributed by atoms with Crippen LogP contribution >= 0.6 is 23.1 Å². The summed E-state index contributed by atoms with van der Waals surface area (Å²) in [5.41, 5.74) is 1.16. The molecule has 1 aromatic heterocycles. The number of carbonyl (C=O) groups is 1. The molecular weight excluding hydrogens is 472 g/mol. The van der Waals surface area contributed by atoms with E-state index in [0.29, 0.717) is 33.3 Å². The standard InChI is InChI=1S/C20H20N4O5S3/c25-19(13-30-20-22-17-9-6-15(24(26)27)12-18(17)31-20)21-14-4-7-16(8-5-14)32(28,29)23-10-2-1-3-11-23/h4-9,12H,1-3,10-11,13H2,(H,21,25). The number of fused-ring (bicyclic) bond motifs is 1. The van der Waals surface area contributed by atoms with Crippen LogP contribution in [0.1, 0.15) is 19.3 Å². The molecular formula is C20H20N4O5S3. The third-order valence-electron chi connectivity index (χ3n) is 4.98. The molecule has 12 heteroatoms. The van der Waals surface area contributed by atoms with Crippen LogP contribution in [0.4, 0.5) is 11.4 Å². The lowest BCUT2D eigenvalue weighted by Crippen LogP contribution is -2.35. The smallest absolute Gasteiger partial charge is 0.270 e. The van der Waals surface area contributed by atoms with Gasteiger partial charge in [-0.3, -0.25) is 14.9 Å². The summed E-state index contributed by atoms with van der Waals surface area (Å²) < 4.78 is 28.2. The van der Waals surface area contributed by atoms with Gasteiger partial charge in [0.1, 0.15) is 0 Å². The minimum atomic E-state index is -3.51. The number of nitrogens with zero attached hydrogens (tertiary/aromatic N) is 3. The molecule has 32 heavy (non-hydrogen) atoms. The van der Waals surface area contributed by atoms with Crippen LogP contribution in [-0.2, 0) is 14.8 Å². The summed E-state index contributed by atoms with van der Waals surface area (Å²) in [5.74, 6) is -0.151. The molecule has 168 valence electrons. The summed E-state index contributed by atoms with van der Waals surface area (Å²) in [6, 6.07) is 10.6. The van der Waals surface area contributed by atoms with Crippen LogP contribution in [0.3, 0.4) is 0 Å². The van der Waals surface area contributed by atoms with Gasteiger partial charge in [-0.1, -0.05) is 18.2 Å². The van der Waals surface area contributed by atoms with E-state index in [1.54, 1.807) is 18.2 Å². The number of nitro groups is 1. The maximum absolute atomic E-state index is 12.7. The molecule has 1 fully saturated rings. The Morgan fingerprint density at radius 3 is 2.56 bits per heavy atom. The molecule has 4 rings (SSSR count).